The fourth-order valence-corrected chi connectivity index (χ4v) is 5.83. The van der Waals surface area contributed by atoms with E-state index in [1.54, 1.807) is 9.56 Å². The van der Waals surface area contributed by atoms with Crippen molar-refractivity contribution in [3.8, 4) is 0 Å². The summed E-state index contributed by atoms with van der Waals surface area (Å²) in [6.07, 6.45) is 3.27. The second-order valence-corrected chi connectivity index (χ2v) is 9.66. The highest BCUT2D eigenvalue weighted by molar-refractivity contribution is 9.10. The number of nitrogens with zero attached hydrogens (tertiary/aromatic N) is 4. The Labute approximate surface area is 177 Å². The minimum atomic E-state index is 0.101. The summed E-state index contributed by atoms with van der Waals surface area (Å²) >= 11 is 5.37. The number of hydrogen-bond donors (Lipinski definition) is 0. The van der Waals surface area contributed by atoms with Gasteiger partial charge < -0.3 is 4.90 Å². The maximum atomic E-state index is 13.2. The highest BCUT2D eigenvalue weighted by atomic mass is 79.9. The minimum Gasteiger partial charge on any atom is -0.337 e. The van der Waals surface area contributed by atoms with Gasteiger partial charge in [0.15, 0.2) is 0 Å². The fraction of sp³-hybridized carbons (Fsp3) is 0.429. The second kappa shape index (κ2) is 7.28. The van der Waals surface area contributed by atoms with Crippen LogP contribution in [0.2, 0.25) is 0 Å². The molecule has 5 rings (SSSR count). The van der Waals surface area contributed by atoms with E-state index >= 15 is 0 Å². The van der Waals surface area contributed by atoms with Crippen LogP contribution in [0.1, 0.15) is 33.8 Å². The Morgan fingerprint density at radius 1 is 1.21 bits per heavy atom. The van der Waals surface area contributed by atoms with Crippen LogP contribution in [0, 0.1) is 0 Å². The highest BCUT2D eigenvalue weighted by Gasteiger charge is 2.31. The minimum absolute atomic E-state index is 0.101. The van der Waals surface area contributed by atoms with Crippen molar-refractivity contribution in [2.45, 2.75) is 31.8 Å². The molecule has 2 aliphatic heterocycles. The zero-order valence-electron chi connectivity index (χ0n) is 15.9. The topological polar surface area (TPSA) is 41.4 Å². The average Bonchev–Trinajstić information content (AvgIpc) is 3.30. The lowest BCUT2D eigenvalue weighted by Gasteiger charge is -2.40. The molecular formula is C21H23BrN4OS. The maximum absolute atomic E-state index is 13.2. The van der Waals surface area contributed by atoms with Crippen molar-refractivity contribution in [1.82, 2.24) is 19.6 Å². The number of carbonyl (C=O) groups is 1. The molecule has 2 aromatic heterocycles. The SMILES string of the molecule is Cn1nc2cc(Br)ccc2c1C(=O)N1CCC(N2CCc3sccc3C2)CC1. The van der Waals surface area contributed by atoms with Crippen LogP contribution in [0.3, 0.4) is 0 Å². The molecule has 2 aliphatic rings. The molecule has 4 heterocycles. The van der Waals surface area contributed by atoms with E-state index in [-0.39, 0.29) is 5.91 Å². The van der Waals surface area contributed by atoms with Crippen LogP contribution in [-0.2, 0) is 20.0 Å². The Morgan fingerprint density at radius 3 is 2.86 bits per heavy atom. The van der Waals surface area contributed by atoms with Crippen molar-refractivity contribution in [3.63, 3.8) is 0 Å². The first-order valence-electron chi connectivity index (χ1n) is 9.81. The smallest absolute Gasteiger partial charge is 0.272 e. The Bertz CT molecular complexity index is 1030. The van der Waals surface area contributed by atoms with Gasteiger partial charge in [0.25, 0.3) is 5.91 Å². The molecule has 0 spiro atoms. The standard InChI is InChI=1S/C21H23BrN4OS/c1-24-20(17-3-2-15(22)12-18(17)23-24)21(27)25-8-4-16(5-9-25)26-10-6-19-14(13-26)7-11-28-19/h2-3,7,11-12,16H,4-6,8-10,13H2,1H3. The summed E-state index contributed by atoms with van der Waals surface area (Å²) in [5.74, 6) is 0.101. The molecule has 1 fully saturated rings. The molecule has 0 N–H and O–H groups in total. The van der Waals surface area contributed by atoms with Gasteiger partial charge in [-0.25, -0.2) is 0 Å². The molecular weight excluding hydrogens is 436 g/mol. The summed E-state index contributed by atoms with van der Waals surface area (Å²) in [6.45, 7) is 3.85. The molecule has 0 aliphatic carbocycles. The lowest BCUT2D eigenvalue weighted by atomic mass is 9.99. The lowest BCUT2D eigenvalue weighted by molar-refractivity contribution is 0.0592. The number of rotatable bonds is 2. The van der Waals surface area contributed by atoms with Gasteiger partial charge in [0.05, 0.1) is 5.52 Å². The Morgan fingerprint density at radius 2 is 2.04 bits per heavy atom. The van der Waals surface area contributed by atoms with Crippen LogP contribution in [0.25, 0.3) is 10.9 Å². The third-order valence-electron chi connectivity index (χ3n) is 6.10. The van der Waals surface area contributed by atoms with E-state index in [0.717, 1.165) is 54.4 Å². The zero-order chi connectivity index (χ0) is 19.3. The third-order valence-corrected chi connectivity index (χ3v) is 7.62. The van der Waals surface area contributed by atoms with E-state index in [9.17, 15) is 4.79 Å². The number of hydrogen-bond acceptors (Lipinski definition) is 4. The fourth-order valence-electron chi connectivity index (χ4n) is 4.59. The van der Waals surface area contributed by atoms with E-state index in [1.807, 2.05) is 41.5 Å². The number of aryl methyl sites for hydroxylation is 1. The van der Waals surface area contributed by atoms with Crippen LogP contribution < -0.4 is 0 Å². The molecule has 0 bridgehead atoms. The van der Waals surface area contributed by atoms with E-state index < -0.39 is 0 Å². The third kappa shape index (κ3) is 3.19. The van der Waals surface area contributed by atoms with E-state index in [4.69, 9.17) is 0 Å². The first-order chi connectivity index (χ1) is 13.6. The molecule has 0 saturated carbocycles. The number of carbonyl (C=O) groups excluding carboxylic acids is 1. The van der Waals surface area contributed by atoms with E-state index in [0.29, 0.717) is 11.7 Å². The Kier molecular flexibility index (Phi) is 4.77. The van der Waals surface area contributed by atoms with Crippen LogP contribution in [0.4, 0.5) is 0 Å². The quantitative estimate of drug-likeness (QED) is 0.581. The number of piperidine rings is 1. The summed E-state index contributed by atoms with van der Waals surface area (Å²) in [4.78, 5) is 19.4. The normalized spacial score (nSPS) is 18.6. The molecule has 5 nitrogen and oxygen atoms in total. The Hall–Kier alpha value is -1.70. The number of benzene rings is 1. The summed E-state index contributed by atoms with van der Waals surface area (Å²) in [7, 11) is 1.86. The van der Waals surface area contributed by atoms with Crippen LogP contribution in [0.5, 0.6) is 0 Å². The average molecular weight is 459 g/mol. The monoisotopic (exact) mass is 458 g/mol. The van der Waals surface area contributed by atoms with Gasteiger partial charge in [0.1, 0.15) is 5.69 Å². The van der Waals surface area contributed by atoms with Crippen LogP contribution >= 0.6 is 27.3 Å². The van der Waals surface area contributed by atoms with Gasteiger partial charge in [0.2, 0.25) is 0 Å². The summed E-state index contributed by atoms with van der Waals surface area (Å²) in [5.41, 5.74) is 3.05. The van der Waals surface area contributed by atoms with Crippen molar-refractivity contribution < 1.29 is 4.79 Å². The number of amides is 1. The first kappa shape index (κ1) is 18.3. The van der Waals surface area contributed by atoms with Crippen molar-refractivity contribution in [2.75, 3.05) is 19.6 Å². The van der Waals surface area contributed by atoms with Crippen molar-refractivity contribution in [3.05, 3.63) is 50.3 Å². The molecule has 0 radical (unpaired) electrons. The molecule has 0 unspecified atom stereocenters. The number of aromatic nitrogens is 2. The van der Waals surface area contributed by atoms with Crippen molar-refractivity contribution >= 4 is 44.1 Å². The largest absolute Gasteiger partial charge is 0.337 e. The summed E-state index contributed by atoms with van der Waals surface area (Å²) in [5, 5.41) is 7.67. The number of fused-ring (bicyclic) bond motifs is 2. The summed E-state index contributed by atoms with van der Waals surface area (Å²) < 4.78 is 2.71. The van der Waals surface area contributed by atoms with E-state index in [2.05, 4.69) is 37.4 Å². The maximum Gasteiger partial charge on any atom is 0.272 e. The predicted molar refractivity (Wildman–Crippen MR) is 116 cm³/mol. The van der Waals surface area contributed by atoms with Gasteiger partial charge in [-0.3, -0.25) is 14.4 Å². The van der Waals surface area contributed by atoms with Crippen molar-refractivity contribution in [1.29, 1.82) is 0 Å². The van der Waals surface area contributed by atoms with Gasteiger partial charge in [-0.15, -0.1) is 11.3 Å². The van der Waals surface area contributed by atoms with E-state index in [1.165, 1.54) is 12.0 Å². The molecule has 146 valence electrons. The summed E-state index contributed by atoms with van der Waals surface area (Å²) in [6, 6.07) is 8.78. The van der Waals surface area contributed by atoms with Gasteiger partial charge in [0, 0.05) is 54.0 Å². The predicted octanol–water partition coefficient (Wildman–Crippen LogP) is 4.06. The van der Waals surface area contributed by atoms with Gasteiger partial charge in [-0.2, -0.15) is 5.10 Å². The molecule has 7 heteroatoms. The zero-order valence-corrected chi connectivity index (χ0v) is 18.3. The second-order valence-electron chi connectivity index (χ2n) is 7.75. The lowest BCUT2D eigenvalue weighted by Crippen LogP contribution is -2.48. The number of likely N-dealkylation sites (tertiary alicyclic amines) is 1. The van der Waals surface area contributed by atoms with Crippen molar-refractivity contribution in [2.24, 2.45) is 7.05 Å². The van der Waals surface area contributed by atoms with Gasteiger partial charge >= 0.3 is 0 Å². The molecule has 0 atom stereocenters. The van der Waals surface area contributed by atoms with Crippen LogP contribution in [0.15, 0.2) is 34.1 Å². The molecule has 28 heavy (non-hydrogen) atoms. The molecule has 1 amide bonds. The van der Waals surface area contributed by atoms with Crippen LogP contribution in [-0.4, -0.2) is 51.2 Å². The Balaban J connectivity index is 1.28. The molecule has 3 aromatic rings. The van der Waals surface area contributed by atoms with Gasteiger partial charge in [-0.05, 0) is 54.5 Å². The van der Waals surface area contributed by atoms with Gasteiger partial charge in [-0.1, -0.05) is 15.9 Å². The molecule has 1 saturated heterocycles. The highest BCUT2D eigenvalue weighted by Crippen LogP contribution is 2.29. The number of thiophene rings is 1. The molecule has 1 aromatic carbocycles. The first-order valence-corrected chi connectivity index (χ1v) is 11.5. The number of halogens is 1.